The summed E-state index contributed by atoms with van der Waals surface area (Å²) in [6.07, 6.45) is 0. The predicted octanol–water partition coefficient (Wildman–Crippen LogP) is 2.31. The summed E-state index contributed by atoms with van der Waals surface area (Å²) < 4.78 is 13.5. The highest BCUT2D eigenvalue weighted by molar-refractivity contribution is 9.10. The Bertz CT molecular complexity index is 230. The molecule has 0 amide bonds. The molecule has 0 heterocycles. The molecule has 3 heteroatoms. The van der Waals surface area contributed by atoms with Crippen LogP contribution in [0.2, 0.25) is 0 Å². The minimum absolute atomic E-state index is 0.204. The van der Waals surface area contributed by atoms with Crippen molar-refractivity contribution in [3.63, 3.8) is 0 Å². The van der Waals surface area contributed by atoms with Crippen LogP contribution in [0.25, 0.3) is 0 Å². The summed E-state index contributed by atoms with van der Waals surface area (Å²) in [7, 11) is 1.83. The zero-order valence-electron chi connectivity index (χ0n) is 6.20. The van der Waals surface area contributed by atoms with Gasteiger partial charge >= 0.3 is 0 Å². The third-order valence-corrected chi connectivity index (χ3v) is 1.76. The molecule has 0 bridgehead atoms. The van der Waals surface area contributed by atoms with E-state index in [0.717, 1.165) is 10.0 Å². The van der Waals surface area contributed by atoms with Crippen LogP contribution in [0.15, 0.2) is 22.7 Å². The standard InChI is InChI=1S/C8H9BrFN/c1-11-5-6-2-7(9)4-8(10)3-6/h2-4,11H,5H2,1H3. The van der Waals surface area contributed by atoms with Crippen LogP contribution in [-0.2, 0) is 6.54 Å². The Morgan fingerprint density at radius 1 is 1.45 bits per heavy atom. The molecule has 0 saturated carbocycles. The second kappa shape index (κ2) is 3.83. The van der Waals surface area contributed by atoms with E-state index in [1.54, 1.807) is 0 Å². The highest BCUT2D eigenvalue weighted by atomic mass is 79.9. The van der Waals surface area contributed by atoms with Crippen LogP contribution in [0.5, 0.6) is 0 Å². The van der Waals surface area contributed by atoms with Crippen molar-refractivity contribution in [2.75, 3.05) is 7.05 Å². The van der Waals surface area contributed by atoms with Crippen molar-refractivity contribution in [3.05, 3.63) is 34.1 Å². The van der Waals surface area contributed by atoms with Crippen LogP contribution in [-0.4, -0.2) is 7.05 Å². The maximum absolute atomic E-state index is 12.7. The van der Waals surface area contributed by atoms with Gasteiger partial charge in [-0.05, 0) is 30.8 Å². The SMILES string of the molecule is CNCc1cc(F)cc(Br)c1. The number of hydrogen-bond donors (Lipinski definition) is 1. The van der Waals surface area contributed by atoms with Crippen molar-refractivity contribution in [2.45, 2.75) is 6.54 Å². The zero-order chi connectivity index (χ0) is 8.27. The molecule has 0 aliphatic rings. The molecule has 1 nitrogen and oxygen atoms in total. The van der Waals surface area contributed by atoms with Gasteiger partial charge in [0.1, 0.15) is 5.82 Å². The lowest BCUT2D eigenvalue weighted by Crippen LogP contribution is -2.05. The third-order valence-electron chi connectivity index (χ3n) is 1.30. The van der Waals surface area contributed by atoms with Gasteiger partial charge in [-0.3, -0.25) is 0 Å². The van der Waals surface area contributed by atoms with Crippen LogP contribution in [0.3, 0.4) is 0 Å². The summed E-state index contributed by atoms with van der Waals surface area (Å²) in [5.74, 6) is -0.204. The minimum atomic E-state index is -0.204. The summed E-state index contributed by atoms with van der Waals surface area (Å²) in [5, 5.41) is 2.95. The minimum Gasteiger partial charge on any atom is -0.316 e. The summed E-state index contributed by atoms with van der Waals surface area (Å²) in [5.41, 5.74) is 0.944. The van der Waals surface area contributed by atoms with Crippen molar-refractivity contribution in [3.8, 4) is 0 Å². The van der Waals surface area contributed by atoms with Crippen molar-refractivity contribution in [1.29, 1.82) is 0 Å². The largest absolute Gasteiger partial charge is 0.316 e. The molecule has 0 atom stereocenters. The smallest absolute Gasteiger partial charge is 0.124 e. The molecule has 1 N–H and O–H groups in total. The monoisotopic (exact) mass is 217 g/mol. The molecule has 0 aliphatic heterocycles. The molecule has 1 aromatic carbocycles. The van der Waals surface area contributed by atoms with Crippen LogP contribution in [0, 0.1) is 5.82 Å². The highest BCUT2D eigenvalue weighted by Crippen LogP contribution is 2.14. The molecule has 11 heavy (non-hydrogen) atoms. The van der Waals surface area contributed by atoms with Crippen LogP contribution in [0.4, 0.5) is 4.39 Å². The Labute approximate surface area is 73.7 Å². The molecule has 0 aliphatic carbocycles. The Hall–Kier alpha value is -0.410. The van der Waals surface area contributed by atoms with Crippen molar-refractivity contribution in [2.24, 2.45) is 0 Å². The fraction of sp³-hybridized carbons (Fsp3) is 0.250. The van der Waals surface area contributed by atoms with E-state index in [9.17, 15) is 4.39 Å². The Morgan fingerprint density at radius 3 is 2.73 bits per heavy atom. The molecule has 0 fully saturated rings. The molecule has 0 radical (unpaired) electrons. The van der Waals surface area contributed by atoms with Gasteiger partial charge in [-0.15, -0.1) is 0 Å². The molecular weight excluding hydrogens is 209 g/mol. The second-order valence-corrected chi connectivity index (χ2v) is 3.22. The van der Waals surface area contributed by atoms with Gasteiger partial charge in [0.05, 0.1) is 0 Å². The lowest BCUT2D eigenvalue weighted by molar-refractivity contribution is 0.623. The molecule has 0 saturated heterocycles. The number of halogens is 2. The zero-order valence-corrected chi connectivity index (χ0v) is 7.78. The summed E-state index contributed by atoms with van der Waals surface area (Å²) in [6.45, 7) is 0.691. The van der Waals surface area contributed by atoms with E-state index in [-0.39, 0.29) is 5.82 Å². The van der Waals surface area contributed by atoms with Gasteiger partial charge < -0.3 is 5.32 Å². The predicted molar refractivity (Wildman–Crippen MR) is 46.9 cm³/mol. The van der Waals surface area contributed by atoms with E-state index in [4.69, 9.17) is 0 Å². The number of rotatable bonds is 2. The van der Waals surface area contributed by atoms with Crippen molar-refractivity contribution < 1.29 is 4.39 Å². The first-order chi connectivity index (χ1) is 5.22. The Kier molecular flexibility index (Phi) is 3.02. The summed E-state index contributed by atoms with van der Waals surface area (Å²) in [6, 6.07) is 4.85. The van der Waals surface area contributed by atoms with Gasteiger partial charge in [-0.1, -0.05) is 15.9 Å². The van der Waals surface area contributed by atoms with E-state index in [0.29, 0.717) is 6.54 Å². The van der Waals surface area contributed by atoms with E-state index < -0.39 is 0 Å². The fourth-order valence-corrected chi connectivity index (χ4v) is 1.43. The average molecular weight is 218 g/mol. The molecular formula is C8H9BrFN. The molecule has 0 aromatic heterocycles. The molecule has 0 unspecified atom stereocenters. The van der Waals surface area contributed by atoms with E-state index in [2.05, 4.69) is 21.2 Å². The van der Waals surface area contributed by atoms with Crippen LogP contribution >= 0.6 is 15.9 Å². The maximum atomic E-state index is 12.7. The van der Waals surface area contributed by atoms with Gasteiger partial charge in [0.15, 0.2) is 0 Å². The van der Waals surface area contributed by atoms with Gasteiger partial charge in [0, 0.05) is 11.0 Å². The molecule has 1 aromatic rings. The first-order valence-corrected chi connectivity index (χ1v) is 4.11. The van der Waals surface area contributed by atoms with Crippen molar-refractivity contribution >= 4 is 15.9 Å². The van der Waals surface area contributed by atoms with Crippen LogP contribution < -0.4 is 5.32 Å². The van der Waals surface area contributed by atoms with Crippen LogP contribution in [0.1, 0.15) is 5.56 Å². The normalized spacial score (nSPS) is 10.1. The summed E-state index contributed by atoms with van der Waals surface area (Å²) >= 11 is 3.22. The Balaban J connectivity index is 2.89. The fourth-order valence-electron chi connectivity index (χ4n) is 0.917. The number of benzene rings is 1. The van der Waals surface area contributed by atoms with Gasteiger partial charge in [0.2, 0.25) is 0 Å². The van der Waals surface area contributed by atoms with Gasteiger partial charge in [0.25, 0.3) is 0 Å². The third kappa shape index (κ3) is 2.60. The highest BCUT2D eigenvalue weighted by Gasteiger charge is 1.96. The topological polar surface area (TPSA) is 12.0 Å². The number of hydrogen-bond acceptors (Lipinski definition) is 1. The van der Waals surface area contributed by atoms with E-state index in [1.165, 1.54) is 12.1 Å². The van der Waals surface area contributed by atoms with Crippen molar-refractivity contribution in [1.82, 2.24) is 5.32 Å². The molecule has 0 spiro atoms. The lowest BCUT2D eigenvalue weighted by atomic mass is 10.2. The number of nitrogens with one attached hydrogen (secondary N) is 1. The van der Waals surface area contributed by atoms with E-state index in [1.807, 2.05) is 13.1 Å². The Morgan fingerprint density at radius 2 is 2.18 bits per heavy atom. The van der Waals surface area contributed by atoms with Gasteiger partial charge in [-0.25, -0.2) is 4.39 Å². The maximum Gasteiger partial charge on any atom is 0.124 e. The second-order valence-electron chi connectivity index (χ2n) is 2.31. The average Bonchev–Trinajstić information content (AvgIpc) is 1.85. The molecule has 60 valence electrons. The quantitative estimate of drug-likeness (QED) is 0.803. The summed E-state index contributed by atoms with van der Waals surface area (Å²) in [4.78, 5) is 0. The van der Waals surface area contributed by atoms with E-state index >= 15 is 0 Å². The molecule has 1 rings (SSSR count). The lowest BCUT2D eigenvalue weighted by Gasteiger charge is -2.00. The van der Waals surface area contributed by atoms with Gasteiger partial charge in [-0.2, -0.15) is 0 Å². The first-order valence-electron chi connectivity index (χ1n) is 3.32. The first kappa shape index (κ1) is 8.68.